The normalized spacial score (nSPS) is 24.1. The summed E-state index contributed by atoms with van der Waals surface area (Å²) in [6, 6.07) is 12.0. The quantitative estimate of drug-likeness (QED) is 0.356. The van der Waals surface area contributed by atoms with Gasteiger partial charge in [0.15, 0.2) is 0 Å². The van der Waals surface area contributed by atoms with E-state index in [0.717, 1.165) is 57.3 Å². The highest BCUT2D eigenvalue weighted by Crippen LogP contribution is 2.40. The van der Waals surface area contributed by atoms with Gasteiger partial charge in [0.05, 0.1) is 5.92 Å². The van der Waals surface area contributed by atoms with E-state index in [1.807, 2.05) is 6.07 Å². The monoisotopic (exact) mass is 554 g/mol. The molecule has 0 spiro atoms. The molecule has 216 valence electrons. The summed E-state index contributed by atoms with van der Waals surface area (Å²) >= 11 is 0. The second-order valence-electron chi connectivity index (χ2n) is 12.2. The molecule has 2 saturated heterocycles. The molecule has 1 saturated carbocycles. The third kappa shape index (κ3) is 7.26. The minimum Gasteiger partial charge on any atom is -0.481 e. The molecule has 6 nitrogen and oxygen atoms in total. The molecule has 2 heterocycles. The maximum atomic E-state index is 14.1. The SMILES string of the molecule is O=C(O)C(CCC1CCN(C[C@H]2CN([C@H](CC3CC3)C(=O)O)C[C@@H]2c2cccc(F)c2)CC1)c1ccc(F)cc1. The Labute approximate surface area is 235 Å². The average Bonchev–Trinajstić information content (AvgIpc) is 3.66. The Balaban J connectivity index is 1.18. The van der Waals surface area contributed by atoms with Gasteiger partial charge in [-0.05, 0) is 98.3 Å². The fourth-order valence-corrected chi connectivity index (χ4v) is 6.85. The highest BCUT2D eigenvalue weighted by Gasteiger charge is 2.42. The van der Waals surface area contributed by atoms with Crippen molar-refractivity contribution in [2.75, 3.05) is 32.7 Å². The lowest BCUT2D eigenvalue weighted by Crippen LogP contribution is -2.41. The zero-order valence-electron chi connectivity index (χ0n) is 22.9. The molecule has 40 heavy (non-hydrogen) atoms. The Hall–Kier alpha value is -2.84. The predicted octanol–water partition coefficient (Wildman–Crippen LogP) is 5.59. The van der Waals surface area contributed by atoms with Crippen LogP contribution in [0.25, 0.3) is 0 Å². The Morgan fingerprint density at radius 1 is 0.875 bits per heavy atom. The molecule has 4 atom stereocenters. The minimum atomic E-state index is -0.875. The number of halogens is 2. The smallest absolute Gasteiger partial charge is 0.320 e. The number of nitrogens with zero attached hydrogens (tertiary/aromatic N) is 2. The molecule has 1 unspecified atom stereocenters. The number of carbonyl (C=O) groups is 2. The van der Waals surface area contributed by atoms with Crippen LogP contribution in [0, 0.1) is 29.4 Å². The molecule has 0 aromatic heterocycles. The van der Waals surface area contributed by atoms with Gasteiger partial charge in [-0.25, -0.2) is 8.78 Å². The highest BCUT2D eigenvalue weighted by molar-refractivity contribution is 5.76. The van der Waals surface area contributed by atoms with Crippen LogP contribution in [0.1, 0.15) is 67.9 Å². The number of likely N-dealkylation sites (tertiary alicyclic amines) is 2. The Morgan fingerprint density at radius 2 is 1.60 bits per heavy atom. The van der Waals surface area contributed by atoms with E-state index < -0.39 is 23.9 Å². The minimum absolute atomic E-state index is 0.0847. The van der Waals surface area contributed by atoms with Crippen molar-refractivity contribution in [2.24, 2.45) is 17.8 Å². The van der Waals surface area contributed by atoms with Crippen LogP contribution in [0.3, 0.4) is 0 Å². The summed E-state index contributed by atoms with van der Waals surface area (Å²) in [4.78, 5) is 28.6. The van der Waals surface area contributed by atoms with Crippen molar-refractivity contribution in [3.05, 3.63) is 71.3 Å². The first kappa shape index (κ1) is 28.7. The Morgan fingerprint density at radius 3 is 2.23 bits per heavy atom. The first-order chi connectivity index (χ1) is 19.3. The first-order valence-corrected chi connectivity index (χ1v) is 14.7. The van der Waals surface area contributed by atoms with Crippen LogP contribution < -0.4 is 0 Å². The van der Waals surface area contributed by atoms with Crippen molar-refractivity contribution in [1.82, 2.24) is 9.80 Å². The summed E-state index contributed by atoms with van der Waals surface area (Å²) in [5.41, 5.74) is 1.58. The van der Waals surface area contributed by atoms with E-state index in [0.29, 0.717) is 43.3 Å². The summed E-state index contributed by atoms with van der Waals surface area (Å²) < 4.78 is 27.4. The zero-order chi connectivity index (χ0) is 28.2. The molecule has 0 radical (unpaired) electrons. The van der Waals surface area contributed by atoms with Crippen molar-refractivity contribution in [2.45, 2.75) is 62.8 Å². The summed E-state index contributed by atoms with van der Waals surface area (Å²) in [7, 11) is 0. The molecule has 2 aromatic carbocycles. The van der Waals surface area contributed by atoms with Gasteiger partial charge in [-0.1, -0.05) is 37.1 Å². The van der Waals surface area contributed by atoms with Gasteiger partial charge in [-0.2, -0.15) is 0 Å². The van der Waals surface area contributed by atoms with E-state index in [1.54, 1.807) is 24.3 Å². The second kappa shape index (κ2) is 12.8. The van der Waals surface area contributed by atoms with E-state index in [4.69, 9.17) is 0 Å². The molecule has 0 bridgehead atoms. The molecule has 5 rings (SSSR count). The predicted molar refractivity (Wildman–Crippen MR) is 148 cm³/mol. The molecular weight excluding hydrogens is 514 g/mol. The third-order valence-corrected chi connectivity index (χ3v) is 9.36. The van der Waals surface area contributed by atoms with Crippen molar-refractivity contribution >= 4 is 11.9 Å². The van der Waals surface area contributed by atoms with Crippen molar-refractivity contribution in [3.63, 3.8) is 0 Å². The fourth-order valence-electron chi connectivity index (χ4n) is 6.85. The van der Waals surface area contributed by atoms with Crippen LogP contribution in [-0.4, -0.2) is 70.7 Å². The van der Waals surface area contributed by atoms with E-state index >= 15 is 0 Å². The van der Waals surface area contributed by atoms with E-state index in [2.05, 4.69) is 9.80 Å². The molecule has 0 amide bonds. The van der Waals surface area contributed by atoms with E-state index in [9.17, 15) is 28.6 Å². The van der Waals surface area contributed by atoms with Crippen LogP contribution in [0.4, 0.5) is 8.78 Å². The molecule has 3 fully saturated rings. The number of benzene rings is 2. The number of hydrogen-bond donors (Lipinski definition) is 2. The van der Waals surface area contributed by atoms with Crippen molar-refractivity contribution in [1.29, 1.82) is 0 Å². The summed E-state index contributed by atoms with van der Waals surface area (Å²) in [5.74, 6) is -1.65. The number of carboxylic acid groups (broad SMARTS) is 2. The van der Waals surface area contributed by atoms with Gasteiger partial charge >= 0.3 is 11.9 Å². The van der Waals surface area contributed by atoms with Gasteiger partial charge in [0.1, 0.15) is 17.7 Å². The second-order valence-corrected chi connectivity index (χ2v) is 12.2. The van der Waals surface area contributed by atoms with Gasteiger partial charge in [0.2, 0.25) is 0 Å². The first-order valence-electron chi connectivity index (χ1n) is 14.7. The molecule has 3 aliphatic rings. The summed E-state index contributed by atoms with van der Waals surface area (Å²) in [6.07, 6.45) is 6.22. The summed E-state index contributed by atoms with van der Waals surface area (Å²) in [6.45, 7) is 4.00. The lowest BCUT2D eigenvalue weighted by molar-refractivity contribution is -0.143. The third-order valence-electron chi connectivity index (χ3n) is 9.36. The summed E-state index contributed by atoms with van der Waals surface area (Å²) in [5, 5.41) is 19.7. The number of hydrogen-bond acceptors (Lipinski definition) is 4. The zero-order valence-corrected chi connectivity index (χ0v) is 22.9. The van der Waals surface area contributed by atoms with Crippen LogP contribution in [-0.2, 0) is 9.59 Å². The van der Waals surface area contributed by atoms with Crippen LogP contribution in [0.5, 0.6) is 0 Å². The molecular formula is C32H40F2N2O4. The topological polar surface area (TPSA) is 81.1 Å². The molecule has 2 N–H and O–H groups in total. The lowest BCUT2D eigenvalue weighted by atomic mass is 9.85. The molecule has 8 heteroatoms. The van der Waals surface area contributed by atoms with Gasteiger partial charge in [-0.15, -0.1) is 0 Å². The van der Waals surface area contributed by atoms with Crippen LogP contribution >= 0.6 is 0 Å². The molecule has 1 aliphatic carbocycles. The Bertz CT molecular complexity index is 1160. The van der Waals surface area contributed by atoms with Crippen molar-refractivity contribution < 1.29 is 28.6 Å². The van der Waals surface area contributed by atoms with Crippen LogP contribution in [0.15, 0.2) is 48.5 Å². The average molecular weight is 555 g/mol. The highest BCUT2D eigenvalue weighted by atomic mass is 19.1. The number of piperidine rings is 1. The van der Waals surface area contributed by atoms with Gasteiger partial charge in [-0.3, -0.25) is 14.5 Å². The van der Waals surface area contributed by atoms with E-state index in [-0.39, 0.29) is 23.5 Å². The van der Waals surface area contributed by atoms with Crippen molar-refractivity contribution in [3.8, 4) is 0 Å². The number of aliphatic carboxylic acids is 2. The Kier molecular flexibility index (Phi) is 9.16. The fraction of sp³-hybridized carbons (Fsp3) is 0.562. The lowest BCUT2D eigenvalue weighted by Gasteiger charge is -2.35. The largest absolute Gasteiger partial charge is 0.481 e. The number of rotatable bonds is 12. The molecule has 2 aliphatic heterocycles. The number of carboxylic acids is 2. The van der Waals surface area contributed by atoms with Gasteiger partial charge in [0, 0.05) is 25.6 Å². The van der Waals surface area contributed by atoms with Gasteiger partial charge < -0.3 is 15.1 Å². The van der Waals surface area contributed by atoms with E-state index in [1.165, 1.54) is 18.2 Å². The standard InChI is InChI=1S/C32H40F2N2O4/c33-26-9-7-23(8-10-26)28(31(37)38)11-6-21-12-14-35(15-13-21)18-25-19-36(30(32(39)40)16-22-4-5-22)20-29(25)24-2-1-3-27(34)17-24/h1-3,7-10,17,21-22,25,28-30H,4-6,11-16,18-20H2,(H,37,38)(H,39,40)/t25-,28?,29+,30+/m0/s1. The maximum absolute atomic E-state index is 14.1. The molecule has 2 aromatic rings. The van der Waals surface area contributed by atoms with Crippen LogP contribution in [0.2, 0.25) is 0 Å². The maximum Gasteiger partial charge on any atom is 0.320 e. The van der Waals surface area contributed by atoms with Gasteiger partial charge in [0.25, 0.3) is 0 Å².